The number of carbonyl (C=O) groups excluding carboxylic acids is 2. The molecule has 7 nitrogen and oxygen atoms in total. The molecular formula is C17H26ClN5O2. The van der Waals surface area contributed by atoms with Crippen LogP contribution in [0.15, 0.2) is 12.4 Å². The molecule has 0 spiro atoms. The number of aryl methyl sites for hydroxylation is 1. The monoisotopic (exact) mass is 367 g/mol. The zero-order valence-corrected chi connectivity index (χ0v) is 15.3. The Morgan fingerprint density at radius 2 is 2.04 bits per heavy atom. The molecule has 0 aromatic carbocycles. The predicted octanol–water partition coefficient (Wildman–Crippen LogP) is 0.984. The van der Waals surface area contributed by atoms with Gasteiger partial charge in [0.2, 0.25) is 11.8 Å². The van der Waals surface area contributed by atoms with E-state index in [1.807, 2.05) is 13.2 Å². The number of hydrogen-bond donors (Lipinski definition) is 2. The number of amides is 2. The van der Waals surface area contributed by atoms with Gasteiger partial charge in [0.05, 0.1) is 11.9 Å². The van der Waals surface area contributed by atoms with Crippen LogP contribution < -0.4 is 15.5 Å². The van der Waals surface area contributed by atoms with Crippen molar-refractivity contribution in [1.82, 2.24) is 20.4 Å². The molecule has 3 unspecified atom stereocenters. The van der Waals surface area contributed by atoms with Gasteiger partial charge in [-0.05, 0) is 38.0 Å². The van der Waals surface area contributed by atoms with Crippen LogP contribution in [0.5, 0.6) is 0 Å². The van der Waals surface area contributed by atoms with E-state index in [0.717, 1.165) is 18.5 Å². The highest BCUT2D eigenvalue weighted by atomic mass is 35.5. The van der Waals surface area contributed by atoms with E-state index >= 15 is 0 Å². The van der Waals surface area contributed by atoms with Crippen LogP contribution in [-0.2, 0) is 16.6 Å². The molecule has 3 aliphatic rings. The van der Waals surface area contributed by atoms with E-state index in [1.165, 1.54) is 12.8 Å². The summed E-state index contributed by atoms with van der Waals surface area (Å²) in [5.74, 6) is 0.448. The van der Waals surface area contributed by atoms with Gasteiger partial charge < -0.3 is 15.5 Å². The number of fused-ring (bicyclic) bond motifs is 2. The van der Waals surface area contributed by atoms with Gasteiger partial charge in [-0.3, -0.25) is 14.3 Å². The average molecular weight is 368 g/mol. The topological polar surface area (TPSA) is 79.3 Å². The van der Waals surface area contributed by atoms with Crippen LogP contribution in [0.4, 0.5) is 5.69 Å². The molecule has 1 aromatic heterocycles. The van der Waals surface area contributed by atoms with E-state index in [-0.39, 0.29) is 24.2 Å². The van der Waals surface area contributed by atoms with Crippen LogP contribution in [0.1, 0.15) is 38.5 Å². The van der Waals surface area contributed by atoms with Gasteiger partial charge in [0, 0.05) is 38.3 Å². The maximum atomic E-state index is 12.5. The van der Waals surface area contributed by atoms with Crippen molar-refractivity contribution in [2.45, 2.75) is 56.7 Å². The standard InChI is InChI=1S/C17H25N5O2.ClH/c1-21-10-14(9-18-21)22-5-4-15(17(22)24)20-16(23)8-11-6-12-2-3-13(7-11)19-12;/h9-13,15,19H,2-8H2,1H3,(H,20,23);1H. The summed E-state index contributed by atoms with van der Waals surface area (Å²) in [5.41, 5.74) is 0.800. The number of carbonyl (C=O) groups is 2. The lowest BCUT2D eigenvalue weighted by atomic mass is 9.89. The van der Waals surface area contributed by atoms with Crippen molar-refractivity contribution in [1.29, 1.82) is 0 Å². The number of rotatable bonds is 4. The summed E-state index contributed by atoms with van der Waals surface area (Å²) in [6.07, 6.45) is 9.38. The number of nitrogens with zero attached hydrogens (tertiary/aromatic N) is 3. The highest BCUT2D eigenvalue weighted by Crippen LogP contribution is 2.32. The summed E-state index contributed by atoms with van der Waals surface area (Å²) in [4.78, 5) is 26.6. The van der Waals surface area contributed by atoms with Gasteiger partial charge in [0.1, 0.15) is 6.04 Å². The van der Waals surface area contributed by atoms with Crippen molar-refractivity contribution < 1.29 is 9.59 Å². The van der Waals surface area contributed by atoms with Crippen molar-refractivity contribution >= 4 is 29.9 Å². The molecule has 3 atom stereocenters. The minimum absolute atomic E-state index is 0. The molecule has 3 aliphatic heterocycles. The molecule has 1 aromatic rings. The second kappa shape index (κ2) is 7.33. The second-order valence-corrected chi connectivity index (χ2v) is 7.45. The zero-order chi connectivity index (χ0) is 16.7. The van der Waals surface area contributed by atoms with Gasteiger partial charge in [-0.2, -0.15) is 5.10 Å². The SMILES string of the molecule is Cl.Cn1cc(N2CCC(NC(=O)CC3CC4CCC(C3)N4)C2=O)cn1. The second-order valence-electron chi connectivity index (χ2n) is 7.45. The third kappa shape index (κ3) is 3.82. The lowest BCUT2D eigenvalue weighted by Gasteiger charge is -2.28. The fourth-order valence-corrected chi connectivity index (χ4v) is 4.48. The molecule has 2 bridgehead atoms. The average Bonchev–Trinajstić information content (AvgIpc) is 3.21. The van der Waals surface area contributed by atoms with E-state index in [9.17, 15) is 9.59 Å². The Hall–Kier alpha value is -1.60. The van der Waals surface area contributed by atoms with E-state index in [4.69, 9.17) is 0 Å². The number of aromatic nitrogens is 2. The maximum absolute atomic E-state index is 12.5. The molecule has 2 amide bonds. The maximum Gasteiger partial charge on any atom is 0.249 e. The Bertz CT molecular complexity index is 637. The van der Waals surface area contributed by atoms with Gasteiger partial charge in [-0.15, -0.1) is 12.4 Å². The predicted molar refractivity (Wildman–Crippen MR) is 96.6 cm³/mol. The van der Waals surface area contributed by atoms with Gasteiger partial charge in [0.15, 0.2) is 0 Å². The number of nitrogens with one attached hydrogen (secondary N) is 2. The van der Waals surface area contributed by atoms with Gasteiger partial charge >= 0.3 is 0 Å². The van der Waals surface area contributed by atoms with Crippen LogP contribution in [0.2, 0.25) is 0 Å². The first-order valence-corrected chi connectivity index (χ1v) is 8.94. The minimum atomic E-state index is -0.392. The fourth-order valence-electron chi connectivity index (χ4n) is 4.48. The van der Waals surface area contributed by atoms with Crippen LogP contribution in [-0.4, -0.2) is 46.3 Å². The first-order valence-electron chi connectivity index (χ1n) is 8.94. The van der Waals surface area contributed by atoms with E-state index in [1.54, 1.807) is 15.8 Å². The Kier molecular flexibility index (Phi) is 5.34. The fraction of sp³-hybridized carbons (Fsp3) is 0.706. The largest absolute Gasteiger partial charge is 0.344 e. The Morgan fingerprint density at radius 1 is 1.32 bits per heavy atom. The molecule has 0 radical (unpaired) electrons. The van der Waals surface area contributed by atoms with E-state index in [2.05, 4.69) is 15.7 Å². The summed E-state index contributed by atoms with van der Waals surface area (Å²) in [5, 5.41) is 10.7. The molecule has 8 heteroatoms. The summed E-state index contributed by atoms with van der Waals surface area (Å²) < 4.78 is 1.68. The summed E-state index contributed by atoms with van der Waals surface area (Å²) in [7, 11) is 1.83. The summed E-state index contributed by atoms with van der Waals surface area (Å²) >= 11 is 0. The normalized spacial score (nSPS) is 31.1. The van der Waals surface area contributed by atoms with Gasteiger partial charge in [0.25, 0.3) is 0 Å². The molecule has 0 aliphatic carbocycles. The van der Waals surface area contributed by atoms with Crippen molar-refractivity contribution in [2.75, 3.05) is 11.4 Å². The Labute approximate surface area is 153 Å². The van der Waals surface area contributed by atoms with Crippen molar-refractivity contribution in [3.8, 4) is 0 Å². The highest BCUT2D eigenvalue weighted by molar-refractivity contribution is 6.01. The minimum Gasteiger partial charge on any atom is -0.344 e. The summed E-state index contributed by atoms with van der Waals surface area (Å²) in [6, 6.07) is 0.794. The zero-order valence-electron chi connectivity index (χ0n) is 14.5. The third-order valence-electron chi connectivity index (χ3n) is 5.59. The molecule has 4 heterocycles. The van der Waals surface area contributed by atoms with Crippen LogP contribution in [0.25, 0.3) is 0 Å². The van der Waals surface area contributed by atoms with Gasteiger partial charge in [-0.1, -0.05) is 0 Å². The van der Waals surface area contributed by atoms with Crippen molar-refractivity contribution in [3.05, 3.63) is 12.4 Å². The van der Waals surface area contributed by atoms with Crippen LogP contribution >= 0.6 is 12.4 Å². The van der Waals surface area contributed by atoms with Crippen molar-refractivity contribution in [2.24, 2.45) is 13.0 Å². The number of piperidine rings is 1. The third-order valence-corrected chi connectivity index (χ3v) is 5.59. The summed E-state index contributed by atoms with van der Waals surface area (Å²) in [6.45, 7) is 0.632. The molecule has 3 saturated heterocycles. The lowest BCUT2D eigenvalue weighted by Crippen LogP contribution is -2.44. The lowest BCUT2D eigenvalue weighted by molar-refractivity contribution is -0.127. The first-order chi connectivity index (χ1) is 11.6. The van der Waals surface area contributed by atoms with Crippen LogP contribution in [0, 0.1) is 5.92 Å². The Balaban J connectivity index is 0.00000182. The molecule has 25 heavy (non-hydrogen) atoms. The smallest absolute Gasteiger partial charge is 0.249 e. The molecule has 2 N–H and O–H groups in total. The molecule has 138 valence electrons. The van der Waals surface area contributed by atoms with E-state index in [0.29, 0.717) is 37.4 Å². The molecule has 4 rings (SSSR count). The highest BCUT2D eigenvalue weighted by Gasteiger charge is 2.37. The molecule has 3 fully saturated rings. The number of halogens is 1. The van der Waals surface area contributed by atoms with Crippen molar-refractivity contribution in [3.63, 3.8) is 0 Å². The number of anilines is 1. The molecular weight excluding hydrogens is 342 g/mol. The molecule has 0 saturated carbocycles. The first kappa shape index (κ1) is 18.2. The quantitative estimate of drug-likeness (QED) is 0.831. The number of hydrogen-bond acceptors (Lipinski definition) is 4. The Morgan fingerprint density at radius 3 is 2.68 bits per heavy atom. The van der Waals surface area contributed by atoms with Gasteiger partial charge in [-0.25, -0.2) is 0 Å². The van der Waals surface area contributed by atoms with Crippen LogP contribution in [0.3, 0.4) is 0 Å². The van der Waals surface area contributed by atoms with E-state index < -0.39 is 6.04 Å².